The summed E-state index contributed by atoms with van der Waals surface area (Å²) < 4.78 is 0. The van der Waals surface area contributed by atoms with Crippen LogP contribution in [0.3, 0.4) is 0 Å². The minimum atomic E-state index is -0.508. The molecule has 0 spiro atoms. The van der Waals surface area contributed by atoms with Crippen molar-refractivity contribution >= 4 is 23.2 Å². The zero-order valence-electron chi connectivity index (χ0n) is 13.8. The van der Waals surface area contributed by atoms with Crippen LogP contribution in [-0.2, 0) is 0 Å². The van der Waals surface area contributed by atoms with Gasteiger partial charge in [-0.1, -0.05) is 30.3 Å². The zero-order valence-corrected chi connectivity index (χ0v) is 13.8. The van der Waals surface area contributed by atoms with Crippen LogP contribution in [0.15, 0.2) is 54.6 Å². The van der Waals surface area contributed by atoms with Gasteiger partial charge in [-0.15, -0.1) is 0 Å². The van der Waals surface area contributed by atoms with Gasteiger partial charge in [-0.25, -0.2) is 0 Å². The normalized spacial score (nSPS) is 10.8. The van der Waals surface area contributed by atoms with Gasteiger partial charge in [0.1, 0.15) is 0 Å². The van der Waals surface area contributed by atoms with E-state index in [0.717, 1.165) is 24.3 Å². The predicted molar refractivity (Wildman–Crippen MR) is 96.5 cm³/mol. The first-order valence-corrected chi connectivity index (χ1v) is 7.87. The van der Waals surface area contributed by atoms with Crippen molar-refractivity contribution in [2.24, 2.45) is 0 Å². The Morgan fingerprint density at radius 1 is 1.12 bits per heavy atom. The Balaban J connectivity index is 2.11. The van der Waals surface area contributed by atoms with Gasteiger partial charge in [0.2, 0.25) is 0 Å². The number of rotatable bonds is 7. The lowest BCUT2D eigenvalue weighted by atomic mass is 10.1. The lowest BCUT2D eigenvalue weighted by Gasteiger charge is -2.20. The van der Waals surface area contributed by atoms with Gasteiger partial charge in [0.15, 0.2) is 5.78 Å². The lowest BCUT2D eigenvalue weighted by molar-refractivity contribution is -0.384. The molecule has 2 rings (SSSR count). The van der Waals surface area contributed by atoms with Gasteiger partial charge in [0, 0.05) is 36.5 Å². The SMILES string of the molecule is CCN(CC)c1ccc(C=CC(=O)c2cccc([N+](=O)[O-])c2)cc1. The molecule has 0 aliphatic carbocycles. The van der Waals surface area contributed by atoms with Crippen LogP contribution in [0.2, 0.25) is 0 Å². The molecule has 0 aliphatic rings. The number of nitrogens with zero attached hydrogens (tertiary/aromatic N) is 2. The van der Waals surface area contributed by atoms with E-state index in [4.69, 9.17) is 0 Å². The summed E-state index contributed by atoms with van der Waals surface area (Å²) in [6.45, 7) is 6.10. The van der Waals surface area contributed by atoms with Crippen LogP contribution in [0.1, 0.15) is 29.8 Å². The minimum Gasteiger partial charge on any atom is -0.372 e. The van der Waals surface area contributed by atoms with E-state index < -0.39 is 4.92 Å². The van der Waals surface area contributed by atoms with Crippen molar-refractivity contribution in [3.63, 3.8) is 0 Å². The number of anilines is 1. The van der Waals surface area contributed by atoms with Crippen molar-refractivity contribution in [2.45, 2.75) is 13.8 Å². The van der Waals surface area contributed by atoms with Crippen LogP contribution in [0.25, 0.3) is 6.08 Å². The summed E-state index contributed by atoms with van der Waals surface area (Å²) in [6.07, 6.45) is 3.15. The van der Waals surface area contributed by atoms with Gasteiger partial charge in [0.05, 0.1) is 4.92 Å². The molecule has 0 atom stereocenters. The van der Waals surface area contributed by atoms with Gasteiger partial charge in [-0.2, -0.15) is 0 Å². The quantitative estimate of drug-likeness (QED) is 0.329. The zero-order chi connectivity index (χ0) is 17.5. The van der Waals surface area contributed by atoms with Gasteiger partial charge in [-0.3, -0.25) is 14.9 Å². The van der Waals surface area contributed by atoms with Crippen molar-refractivity contribution in [1.82, 2.24) is 0 Å². The molecule has 0 N–H and O–H groups in total. The minimum absolute atomic E-state index is 0.0853. The van der Waals surface area contributed by atoms with E-state index in [2.05, 4.69) is 18.7 Å². The molecule has 0 saturated carbocycles. The molecule has 5 nitrogen and oxygen atoms in total. The number of carbonyl (C=O) groups excluding carboxylic acids is 1. The molecule has 5 heteroatoms. The van der Waals surface area contributed by atoms with Crippen LogP contribution < -0.4 is 4.90 Å². The summed E-state index contributed by atoms with van der Waals surface area (Å²) in [4.78, 5) is 24.6. The molecule has 0 aromatic heterocycles. The van der Waals surface area contributed by atoms with Gasteiger partial charge in [0.25, 0.3) is 5.69 Å². The van der Waals surface area contributed by atoms with Crippen molar-refractivity contribution in [3.05, 3.63) is 75.8 Å². The van der Waals surface area contributed by atoms with E-state index in [0.29, 0.717) is 5.56 Å². The first-order chi connectivity index (χ1) is 11.5. The summed E-state index contributed by atoms with van der Waals surface area (Å²) in [7, 11) is 0. The predicted octanol–water partition coefficient (Wildman–Crippen LogP) is 4.34. The average molecular weight is 324 g/mol. The number of nitro benzene ring substituents is 1. The Morgan fingerprint density at radius 3 is 2.38 bits per heavy atom. The smallest absolute Gasteiger partial charge is 0.270 e. The third kappa shape index (κ3) is 4.29. The molecule has 0 amide bonds. The van der Waals surface area contributed by atoms with Crippen LogP contribution >= 0.6 is 0 Å². The highest BCUT2D eigenvalue weighted by molar-refractivity contribution is 6.07. The number of ketones is 1. The summed E-state index contributed by atoms with van der Waals surface area (Å²) in [5.74, 6) is -0.258. The summed E-state index contributed by atoms with van der Waals surface area (Å²) in [5, 5.41) is 10.8. The molecule has 2 aromatic carbocycles. The Hall–Kier alpha value is -2.95. The van der Waals surface area contributed by atoms with Crippen molar-refractivity contribution in [3.8, 4) is 0 Å². The van der Waals surface area contributed by atoms with Crippen LogP contribution in [-0.4, -0.2) is 23.8 Å². The Labute approximate surface area is 141 Å². The van der Waals surface area contributed by atoms with Gasteiger partial charge in [-0.05, 0) is 37.6 Å². The molecule has 0 aliphatic heterocycles. The second-order valence-electron chi connectivity index (χ2n) is 5.27. The van der Waals surface area contributed by atoms with E-state index >= 15 is 0 Å². The third-order valence-electron chi connectivity index (χ3n) is 3.79. The summed E-state index contributed by atoms with van der Waals surface area (Å²) in [6, 6.07) is 13.7. The van der Waals surface area contributed by atoms with Crippen molar-refractivity contribution < 1.29 is 9.72 Å². The second-order valence-corrected chi connectivity index (χ2v) is 5.27. The van der Waals surface area contributed by atoms with E-state index in [9.17, 15) is 14.9 Å². The van der Waals surface area contributed by atoms with E-state index in [-0.39, 0.29) is 11.5 Å². The van der Waals surface area contributed by atoms with Crippen molar-refractivity contribution in [1.29, 1.82) is 0 Å². The number of carbonyl (C=O) groups is 1. The molecule has 0 unspecified atom stereocenters. The highest BCUT2D eigenvalue weighted by Crippen LogP contribution is 2.17. The molecule has 24 heavy (non-hydrogen) atoms. The molecule has 0 radical (unpaired) electrons. The molecule has 0 bridgehead atoms. The van der Waals surface area contributed by atoms with Gasteiger partial charge >= 0.3 is 0 Å². The van der Waals surface area contributed by atoms with Crippen LogP contribution in [0, 0.1) is 10.1 Å². The number of hydrogen-bond acceptors (Lipinski definition) is 4. The van der Waals surface area contributed by atoms with Crippen molar-refractivity contribution in [2.75, 3.05) is 18.0 Å². The maximum Gasteiger partial charge on any atom is 0.270 e. The molecule has 0 heterocycles. The van der Waals surface area contributed by atoms with Gasteiger partial charge < -0.3 is 4.90 Å². The lowest BCUT2D eigenvalue weighted by Crippen LogP contribution is -2.21. The Kier molecular flexibility index (Phi) is 5.84. The topological polar surface area (TPSA) is 63.5 Å². The molecule has 0 fully saturated rings. The first kappa shape index (κ1) is 17.4. The Morgan fingerprint density at radius 2 is 1.79 bits per heavy atom. The molecular weight excluding hydrogens is 304 g/mol. The fourth-order valence-electron chi connectivity index (χ4n) is 2.43. The number of allylic oxidation sites excluding steroid dienone is 1. The largest absolute Gasteiger partial charge is 0.372 e. The third-order valence-corrected chi connectivity index (χ3v) is 3.79. The average Bonchev–Trinajstić information content (AvgIpc) is 2.62. The fraction of sp³-hybridized carbons (Fsp3) is 0.211. The monoisotopic (exact) mass is 324 g/mol. The maximum atomic E-state index is 12.1. The first-order valence-electron chi connectivity index (χ1n) is 7.87. The number of non-ortho nitro benzene ring substituents is 1. The van der Waals surface area contributed by atoms with E-state index in [1.54, 1.807) is 12.1 Å². The second kappa shape index (κ2) is 8.06. The fourth-order valence-corrected chi connectivity index (χ4v) is 2.43. The summed E-state index contributed by atoms with van der Waals surface area (Å²) >= 11 is 0. The van der Waals surface area contributed by atoms with E-state index in [1.807, 2.05) is 24.3 Å². The number of benzene rings is 2. The van der Waals surface area contributed by atoms with Crippen LogP contribution in [0.4, 0.5) is 11.4 Å². The summed E-state index contributed by atoms with van der Waals surface area (Å²) in [5.41, 5.74) is 2.27. The molecular formula is C19H20N2O3. The number of hydrogen-bond donors (Lipinski definition) is 0. The molecule has 0 saturated heterocycles. The number of nitro groups is 1. The highest BCUT2D eigenvalue weighted by atomic mass is 16.6. The standard InChI is InChI=1S/C19H20N2O3/c1-3-20(4-2)17-11-8-15(9-12-17)10-13-19(22)16-6-5-7-18(14-16)21(23)24/h5-14H,3-4H2,1-2H3. The maximum absolute atomic E-state index is 12.1. The van der Waals surface area contributed by atoms with E-state index in [1.165, 1.54) is 24.3 Å². The Bertz CT molecular complexity index is 747. The highest BCUT2D eigenvalue weighted by Gasteiger charge is 2.09. The molecule has 124 valence electrons. The van der Waals surface area contributed by atoms with Crippen LogP contribution in [0.5, 0.6) is 0 Å². The molecule has 2 aromatic rings.